The molecule has 0 radical (unpaired) electrons. The molecule has 1 aliphatic rings. The van der Waals surface area contributed by atoms with E-state index in [1.165, 1.54) is 0 Å². The molecule has 2 N–H and O–H groups in total. The first-order chi connectivity index (χ1) is 9.21. The van der Waals surface area contributed by atoms with Crippen LogP contribution in [0.1, 0.15) is 38.2 Å². The molecule has 1 saturated carbocycles. The van der Waals surface area contributed by atoms with E-state index in [9.17, 15) is 4.79 Å². The van der Waals surface area contributed by atoms with Crippen molar-refractivity contribution in [3.05, 3.63) is 22.8 Å². The smallest absolute Gasteiger partial charge is 0.271 e. The van der Waals surface area contributed by atoms with E-state index in [1.807, 2.05) is 0 Å². The van der Waals surface area contributed by atoms with E-state index in [1.54, 1.807) is 19.2 Å². The Morgan fingerprint density at radius 3 is 2.40 bits per heavy atom. The highest BCUT2D eigenvalue weighted by Gasteiger charge is 2.64. The molecule has 0 saturated heterocycles. The molecule has 5 heteroatoms. The zero-order chi connectivity index (χ0) is 15.1. The van der Waals surface area contributed by atoms with Crippen LogP contribution in [0.15, 0.2) is 12.1 Å². The molecular formula is C15H22ClN3O. The van der Waals surface area contributed by atoms with E-state index in [0.29, 0.717) is 23.3 Å². The van der Waals surface area contributed by atoms with E-state index in [0.717, 1.165) is 0 Å². The summed E-state index contributed by atoms with van der Waals surface area (Å²) in [7, 11) is 1.76. The third-order valence-electron chi connectivity index (χ3n) is 5.10. The van der Waals surface area contributed by atoms with Crippen LogP contribution in [0.3, 0.4) is 0 Å². The maximum atomic E-state index is 12.2. The fraction of sp³-hybridized carbons (Fsp3) is 0.600. The van der Waals surface area contributed by atoms with Gasteiger partial charge >= 0.3 is 0 Å². The van der Waals surface area contributed by atoms with Gasteiger partial charge in [-0.1, -0.05) is 39.3 Å². The van der Waals surface area contributed by atoms with Gasteiger partial charge in [0.15, 0.2) is 0 Å². The van der Waals surface area contributed by atoms with Gasteiger partial charge in [-0.15, -0.1) is 0 Å². The number of carbonyl (C=O) groups excluding carboxylic acids is 1. The third kappa shape index (κ3) is 2.37. The van der Waals surface area contributed by atoms with Crippen molar-refractivity contribution in [2.45, 2.75) is 27.7 Å². The van der Waals surface area contributed by atoms with Crippen LogP contribution in [0.5, 0.6) is 0 Å². The number of nitrogens with zero attached hydrogens (tertiary/aromatic N) is 1. The molecule has 110 valence electrons. The zero-order valence-corrected chi connectivity index (χ0v) is 13.4. The average Bonchev–Trinajstić information content (AvgIpc) is 2.77. The Morgan fingerprint density at radius 1 is 1.30 bits per heavy atom. The minimum absolute atomic E-state index is 0.217. The molecular weight excluding hydrogens is 274 g/mol. The zero-order valence-electron chi connectivity index (χ0n) is 12.7. The molecule has 0 aromatic carbocycles. The number of halogens is 1. The number of nitrogens with one attached hydrogen (secondary N) is 2. The van der Waals surface area contributed by atoms with E-state index in [-0.39, 0.29) is 22.4 Å². The highest BCUT2D eigenvalue weighted by molar-refractivity contribution is 6.33. The van der Waals surface area contributed by atoms with Crippen molar-refractivity contribution in [3.8, 4) is 0 Å². The lowest BCUT2D eigenvalue weighted by Crippen LogP contribution is -2.28. The number of amides is 1. The summed E-state index contributed by atoms with van der Waals surface area (Å²) in [4.78, 5) is 16.4. The fourth-order valence-corrected chi connectivity index (χ4v) is 3.05. The molecule has 1 aliphatic carbocycles. The van der Waals surface area contributed by atoms with E-state index in [2.05, 4.69) is 43.3 Å². The summed E-state index contributed by atoms with van der Waals surface area (Å²) in [6.45, 7) is 9.58. The van der Waals surface area contributed by atoms with Crippen molar-refractivity contribution in [1.29, 1.82) is 0 Å². The van der Waals surface area contributed by atoms with Gasteiger partial charge in [-0.3, -0.25) is 4.79 Å². The van der Waals surface area contributed by atoms with Crippen LogP contribution in [0.25, 0.3) is 0 Å². The summed E-state index contributed by atoms with van der Waals surface area (Å²) < 4.78 is 0. The first-order valence-corrected chi connectivity index (χ1v) is 7.22. The largest absolute Gasteiger partial charge is 0.373 e. The summed E-state index contributed by atoms with van der Waals surface area (Å²) in [6, 6.07) is 3.42. The lowest BCUT2D eigenvalue weighted by atomic mass is 10.0. The van der Waals surface area contributed by atoms with Crippen molar-refractivity contribution in [1.82, 2.24) is 10.3 Å². The summed E-state index contributed by atoms with van der Waals surface area (Å²) in [5, 5.41) is 6.22. The van der Waals surface area contributed by atoms with Crippen molar-refractivity contribution >= 4 is 23.3 Å². The van der Waals surface area contributed by atoms with Crippen LogP contribution in [-0.2, 0) is 0 Å². The second-order valence-corrected chi connectivity index (χ2v) is 6.89. The van der Waals surface area contributed by atoms with Gasteiger partial charge in [-0.05, 0) is 28.9 Å². The second-order valence-electron chi connectivity index (χ2n) is 6.48. The molecule has 1 aromatic rings. The summed E-state index contributed by atoms with van der Waals surface area (Å²) in [5.74, 6) is 0.891. The van der Waals surface area contributed by atoms with Crippen LogP contribution in [-0.4, -0.2) is 24.5 Å². The van der Waals surface area contributed by atoms with Crippen molar-refractivity contribution in [3.63, 3.8) is 0 Å². The van der Waals surface area contributed by atoms with Crippen molar-refractivity contribution < 1.29 is 4.79 Å². The molecule has 4 nitrogen and oxygen atoms in total. The molecule has 20 heavy (non-hydrogen) atoms. The van der Waals surface area contributed by atoms with Gasteiger partial charge in [0.2, 0.25) is 0 Å². The van der Waals surface area contributed by atoms with Crippen LogP contribution < -0.4 is 10.6 Å². The van der Waals surface area contributed by atoms with Gasteiger partial charge in [0.05, 0.1) is 5.02 Å². The van der Waals surface area contributed by atoms with Crippen molar-refractivity contribution in [2.75, 3.05) is 18.9 Å². The Morgan fingerprint density at radius 2 is 1.90 bits per heavy atom. The van der Waals surface area contributed by atoms with Crippen LogP contribution >= 0.6 is 11.6 Å². The van der Waals surface area contributed by atoms with Gasteiger partial charge in [0.1, 0.15) is 11.5 Å². The van der Waals surface area contributed by atoms with Gasteiger partial charge in [0, 0.05) is 13.6 Å². The highest BCUT2D eigenvalue weighted by atomic mass is 35.5. The number of pyridine rings is 1. The quantitative estimate of drug-likeness (QED) is 0.897. The Kier molecular flexibility index (Phi) is 3.71. The molecule has 2 rings (SSSR count). The molecule has 1 amide bonds. The minimum Gasteiger partial charge on any atom is -0.373 e. The molecule has 0 bridgehead atoms. The van der Waals surface area contributed by atoms with Crippen molar-refractivity contribution in [2.24, 2.45) is 16.7 Å². The van der Waals surface area contributed by atoms with Gasteiger partial charge in [0.25, 0.3) is 5.91 Å². The van der Waals surface area contributed by atoms with Gasteiger partial charge in [-0.2, -0.15) is 0 Å². The summed E-state index contributed by atoms with van der Waals surface area (Å²) in [6.07, 6.45) is 0. The number of anilines is 1. The maximum Gasteiger partial charge on any atom is 0.271 e. The molecule has 1 aromatic heterocycles. The molecule has 0 aliphatic heterocycles. The Hall–Kier alpha value is -1.29. The average molecular weight is 296 g/mol. The number of carbonyl (C=O) groups is 1. The number of hydrogen-bond donors (Lipinski definition) is 2. The van der Waals surface area contributed by atoms with Crippen LogP contribution in [0, 0.1) is 16.7 Å². The lowest BCUT2D eigenvalue weighted by Gasteiger charge is -2.08. The lowest BCUT2D eigenvalue weighted by molar-refractivity contribution is 0.0945. The van der Waals surface area contributed by atoms with Gasteiger partial charge < -0.3 is 10.6 Å². The topological polar surface area (TPSA) is 54.0 Å². The highest BCUT2D eigenvalue weighted by Crippen LogP contribution is 2.67. The fourth-order valence-electron chi connectivity index (χ4n) is 2.86. The standard InChI is InChI=1S/C15H22ClN3O/c1-14(2)10(15(14,3)4)8-18-13(20)12-9(16)6-7-11(17-5)19-12/h6-7,10H,8H2,1-5H3,(H,17,19)(H,18,20). The summed E-state index contributed by atoms with van der Waals surface area (Å²) >= 11 is 6.04. The number of hydrogen-bond acceptors (Lipinski definition) is 3. The maximum absolute atomic E-state index is 12.2. The Bertz CT molecular complexity index is 526. The molecule has 0 atom stereocenters. The van der Waals surface area contributed by atoms with E-state index >= 15 is 0 Å². The van der Waals surface area contributed by atoms with E-state index in [4.69, 9.17) is 11.6 Å². The SMILES string of the molecule is CNc1ccc(Cl)c(C(=O)NCC2C(C)(C)C2(C)C)n1. The first kappa shape index (κ1) is 15.1. The monoisotopic (exact) mass is 295 g/mol. The Balaban J connectivity index is 2.03. The Labute approximate surface area is 125 Å². The second kappa shape index (κ2) is 4.92. The molecule has 1 heterocycles. The number of aromatic nitrogens is 1. The van der Waals surface area contributed by atoms with Crippen LogP contribution in [0.4, 0.5) is 5.82 Å². The molecule has 0 unspecified atom stereocenters. The van der Waals surface area contributed by atoms with Crippen LogP contribution in [0.2, 0.25) is 5.02 Å². The summed E-state index contributed by atoms with van der Waals surface area (Å²) in [5.41, 5.74) is 0.782. The molecule has 1 fully saturated rings. The molecule has 0 spiro atoms. The minimum atomic E-state index is -0.217. The predicted octanol–water partition coefficient (Wildman–Crippen LogP) is 3.19. The third-order valence-corrected chi connectivity index (χ3v) is 5.41. The normalized spacial score (nSPS) is 19.5. The first-order valence-electron chi connectivity index (χ1n) is 6.84. The van der Waals surface area contributed by atoms with Gasteiger partial charge in [-0.25, -0.2) is 4.98 Å². The van der Waals surface area contributed by atoms with E-state index < -0.39 is 0 Å². The number of rotatable bonds is 4. The predicted molar refractivity (Wildman–Crippen MR) is 82.2 cm³/mol.